The molecule has 2 heterocycles. The highest BCUT2D eigenvalue weighted by atomic mass is 32.1. The molecule has 0 radical (unpaired) electrons. The van der Waals surface area contributed by atoms with Crippen molar-refractivity contribution in [2.45, 2.75) is 39.8 Å². The Bertz CT molecular complexity index is 883. The van der Waals surface area contributed by atoms with Crippen molar-refractivity contribution in [3.05, 3.63) is 69.7 Å². The lowest BCUT2D eigenvalue weighted by Gasteiger charge is -2.19. The van der Waals surface area contributed by atoms with Crippen LogP contribution in [0.5, 0.6) is 5.75 Å². The zero-order valence-electron chi connectivity index (χ0n) is 16.1. The van der Waals surface area contributed by atoms with Crippen molar-refractivity contribution in [1.82, 2.24) is 15.1 Å². The van der Waals surface area contributed by atoms with Gasteiger partial charge in [0, 0.05) is 22.7 Å². The number of benzene rings is 1. The first kappa shape index (κ1) is 19.2. The highest BCUT2D eigenvalue weighted by Crippen LogP contribution is 2.24. The summed E-state index contributed by atoms with van der Waals surface area (Å²) in [7, 11) is 0. The molecule has 0 saturated carbocycles. The Kier molecular flexibility index (Phi) is 5.96. The van der Waals surface area contributed by atoms with Gasteiger partial charge in [-0.15, -0.1) is 11.3 Å². The first-order valence-corrected chi connectivity index (χ1v) is 9.93. The molecule has 27 heavy (non-hydrogen) atoms. The minimum Gasteiger partial charge on any atom is -0.491 e. The number of aromatic nitrogens is 2. The summed E-state index contributed by atoms with van der Waals surface area (Å²) in [6, 6.07) is 13.4. The highest BCUT2D eigenvalue weighted by molar-refractivity contribution is 7.10. The number of nitrogens with one attached hydrogen (secondary N) is 1. The van der Waals surface area contributed by atoms with Crippen LogP contribution in [-0.2, 0) is 0 Å². The van der Waals surface area contributed by atoms with E-state index in [9.17, 15) is 4.79 Å². The van der Waals surface area contributed by atoms with Gasteiger partial charge in [-0.2, -0.15) is 5.10 Å². The number of hydrogen-bond donors (Lipinski definition) is 1. The van der Waals surface area contributed by atoms with Crippen LogP contribution in [0.4, 0.5) is 0 Å². The van der Waals surface area contributed by atoms with Crippen LogP contribution in [0.25, 0.3) is 0 Å². The fourth-order valence-electron chi connectivity index (χ4n) is 3.00. The molecule has 6 heteroatoms. The Hall–Kier alpha value is -2.60. The van der Waals surface area contributed by atoms with Crippen LogP contribution in [0.15, 0.2) is 47.8 Å². The van der Waals surface area contributed by atoms with Gasteiger partial charge in [-0.05, 0) is 69.5 Å². The molecule has 0 aliphatic heterocycles. The van der Waals surface area contributed by atoms with Crippen molar-refractivity contribution in [1.29, 1.82) is 0 Å². The molecular weight excluding hydrogens is 358 g/mol. The first-order chi connectivity index (χ1) is 12.9. The predicted molar refractivity (Wildman–Crippen MR) is 109 cm³/mol. The van der Waals surface area contributed by atoms with E-state index >= 15 is 0 Å². The number of rotatable bonds is 7. The van der Waals surface area contributed by atoms with Gasteiger partial charge in [-0.3, -0.25) is 9.48 Å². The first-order valence-electron chi connectivity index (χ1n) is 9.05. The smallest absolute Gasteiger partial charge is 0.251 e. The SMILES string of the molecule is Cc1cc(C)n([C@@H](CNC(=O)c2ccc(OC(C)C)cc2)c2cccs2)n1. The highest BCUT2D eigenvalue weighted by Gasteiger charge is 2.19. The zero-order chi connectivity index (χ0) is 19.4. The number of carbonyl (C=O) groups excluding carboxylic acids is 1. The van der Waals surface area contributed by atoms with Crippen molar-refractivity contribution < 1.29 is 9.53 Å². The Balaban J connectivity index is 1.72. The van der Waals surface area contributed by atoms with Crippen LogP contribution in [-0.4, -0.2) is 28.3 Å². The normalized spacial score (nSPS) is 12.2. The van der Waals surface area contributed by atoms with E-state index in [0.717, 1.165) is 17.1 Å². The molecule has 0 fully saturated rings. The van der Waals surface area contributed by atoms with Gasteiger partial charge in [0.25, 0.3) is 5.91 Å². The predicted octanol–water partition coefficient (Wildman–Crippen LogP) is 4.37. The summed E-state index contributed by atoms with van der Waals surface area (Å²) in [5.74, 6) is 0.662. The van der Waals surface area contributed by atoms with Gasteiger partial charge in [-0.1, -0.05) is 6.07 Å². The average molecular weight is 384 g/mol. The van der Waals surface area contributed by atoms with E-state index in [0.29, 0.717) is 12.1 Å². The van der Waals surface area contributed by atoms with Crippen LogP contribution < -0.4 is 10.1 Å². The summed E-state index contributed by atoms with van der Waals surface area (Å²) in [5, 5.41) is 9.71. The molecule has 0 aliphatic carbocycles. The van der Waals surface area contributed by atoms with E-state index in [-0.39, 0.29) is 18.1 Å². The third kappa shape index (κ3) is 4.77. The molecule has 0 bridgehead atoms. The summed E-state index contributed by atoms with van der Waals surface area (Å²) in [4.78, 5) is 13.8. The summed E-state index contributed by atoms with van der Waals surface area (Å²) >= 11 is 1.67. The number of thiophene rings is 1. The molecule has 5 nitrogen and oxygen atoms in total. The number of amides is 1. The molecule has 1 aromatic carbocycles. The summed E-state index contributed by atoms with van der Waals surface area (Å²) in [6.07, 6.45) is 0.108. The maximum Gasteiger partial charge on any atom is 0.251 e. The fourth-order valence-corrected chi connectivity index (χ4v) is 3.81. The lowest BCUT2D eigenvalue weighted by atomic mass is 10.2. The van der Waals surface area contributed by atoms with E-state index in [2.05, 4.69) is 22.5 Å². The van der Waals surface area contributed by atoms with Crippen molar-refractivity contribution in [3.8, 4) is 5.75 Å². The van der Waals surface area contributed by atoms with E-state index < -0.39 is 0 Å². The van der Waals surface area contributed by atoms with Crippen molar-refractivity contribution >= 4 is 17.2 Å². The topological polar surface area (TPSA) is 56.2 Å². The molecule has 142 valence electrons. The Morgan fingerprint density at radius 1 is 1.22 bits per heavy atom. The molecule has 1 atom stereocenters. The molecule has 0 aliphatic rings. The van der Waals surface area contributed by atoms with Crippen LogP contribution >= 0.6 is 11.3 Å². The van der Waals surface area contributed by atoms with Gasteiger partial charge in [0.1, 0.15) is 11.8 Å². The lowest BCUT2D eigenvalue weighted by molar-refractivity contribution is 0.0949. The number of carbonyl (C=O) groups is 1. The number of aryl methyl sites for hydroxylation is 2. The fraction of sp³-hybridized carbons (Fsp3) is 0.333. The maximum atomic E-state index is 12.6. The largest absolute Gasteiger partial charge is 0.491 e. The lowest BCUT2D eigenvalue weighted by Crippen LogP contribution is -2.31. The van der Waals surface area contributed by atoms with Crippen LogP contribution in [0.2, 0.25) is 0 Å². The minimum atomic E-state index is -0.103. The minimum absolute atomic E-state index is 0.0220. The van der Waals surface area contributed by atoms with Crippen LogP contribution in [0, 0.1) is 13.8 Å². The quantitative estimate of drug-likeness (QED) is 0.659. The molecule has 3 aromatic rings. The third-order valence-corrected chi connectivity index (χ3v) is 5.13. The Labute approximate surface area is 164 Å². The second-order valence-electron chi connectivity index (χ2n) is 6.80. The standard InChI is InChI=1S/C21H25N3O2S/c1-14(2)26-18-9-7-17(8-10-18)21(25)22-13-19(20-6-5-11-27-20)24-16(4)12-15(3)23-24/h5-12,14,19H,13H2,1-4H3,(H,22,25)/t19-/m0/s1. The number of nitrogens with zero attached hydrogens (tertiary/aromatic N) is 2. The maximum absolute atomic E-state index is 12.6. The van der Waals surface area contributed by atoms with Gasteiger partial charge in [0.05, 0.1) is 11.8 Å². The zero-order valence-corrected chi connectivity index (χ0v) is 16.9. The van der Waals surface area contributed by atoms with Crippen molar-refractivity contribution in [3.63, 3.8) is 0 Å². The molecule has 1 amide bonds. The van der Waals surface area contributed by atoms with Crippen molar-refractivity contribution in [2.75, 3.05) is 6.54 Å². The van der Waals surface area contributed by atoms with Gasteiger partial charge < -0.3 is 10.1 Å². The van der Waals surface area contributed by atoms with Crippen LogP contribution in [0.3, 0.4) is 0 Å². The number of hydrogen-bond acceptors (Lipinski definition) is 4. The molecule has 2 aromatic heterocycles. The average Bonchev–Trinajstić information content (AvgIpc) is 3.25. The Morgan fingerprint density at radius 3 is 2.52 bits per heavy atom. The van der Waals surface area contributed by atoms with Crippen molar-refractivity contribution in [2.24, 2.45) is 0 Å². The second-order valence-corrected chi connectivity index (χ2v) is 7.78. The van der Waals surface area contributed by atoms with Gasteiger partial charge in [0.15, 0.2) is 0 Å². The summed E-state index contributed by atoms with van der Waals surface area (Å²) < 4.78 is 7.61. The third-order valence-electron chi connectivity index (χ3n) is 4.16. The van der Waals surface area contributed by atoms with E-state index in [1.165, 1.54) is 4.88 Å². The van der Waals surface area contributed by atoms with E-state index in [1.807, 2.05) is 56.0 Å². The molecule has 1 N–H and O–H groups in total. The van der Waals surface area contributed by atoms with Gasteiger partial charge >= 0.3 is 0 Å². The van der Waals surface area contributed by atoms with Crippen LogP contribution in [0.1, 0.15) is 46.5 Å². The van der Waals surface area contributed by atoms with E-state index in [1.54, 1.807) is 23.5 Å². The monoisotopic (exact) mass is 383 g/mol. The van der Waals surface area contributed by atoms with E-state index in [4.69, 9.17) is 4.74 Å². The summed E-state index contributed by atoms with van der Waals surface area (Å²) in [5.41, 5.74) is 2.67. The summed E-state index contributed by atoms with van der Waals surface area (Å²) in [6.45, 7) is 8.45. The second kappa shape index (κ2) is 8.39. The molecule has 3 rings (SSSR count). The molecular formula is C21H25N3O2S. The Morgan fingerprint density at radius 2 is 1.96 bits per heavy atom. The van der Waals surface area contributed by atoms with Gasteiger partial charge in [-0.25, -0.2) is 0 Å². The molecule has 0 saturated heterocycles. The molecule has 0 spiro atoms. The van der Waals surface area contributed by atoms with Gasteiger partial charge in [0.2, 0.25) is 0 Å². The molecule has 0 unspecified atom stereocenters. The number of ether oxygens (including phenoxy) is 1.